The minimum atomic E-state index is -0.836. The van der Waals surface area contributed by atoms with Crippen LogP contribution in [-0.2, 0) is 4.79 Å². The van der Waals surface area contributed by atoms with Crippen LogP contribution in [0, 0.1) is 0 Å². The quantitative estimate of drug-likeness (QED) is 0.599. The molecule has 1 heterocycles. The van der Waals surface area contributed by atoms with Crippen LogP contribution >= 0.6 is 0 Å². The van der Waals surface area contributed by atoms with Crippen LogP contribution in [-0.4, -0.2) is 36.1 Å². The number of carbonyl (C=O) groups is 1. The van der Waals surface area contributed by atoms with E-state index >= 15 is 0 Å². The predicted octanol–water partition coefficient (Wildman–Crippen LogP) is 0.0701. The van der Waals surface area contributed by atoms with E-state index in [0.29, 0.717) is 0 Å². The number of hydrogen-bond acceptors (Lipinski definition) is 2. The number of nitrogens with two attached hydrogens (primary N) is 1. The molecule has 3 nitrogen and oxygen atoms in total. The zero-order chi connectivity index (χ0) is 9.14. The summed E-state index contributed by atoms with van der Waals surface area (Å²) in [5.74, 6) is -0.152. The largest absolute Gasteiger partial charge is 0.333 e. The molecule has 1 aliphatic rings. The van der Waals surface area contributed by atoms with Crippen LogP contribution < -0.4 is 5.73 Å². The molecule has 0 radical (unpaired) electrons. The number of hydrogen-bond donors (Lipinski definition) is 1. The Bertz CT molecular complexity index is 197. The Morgan fingerprint density at radius 1 is 1.75 bits per heavy atom. The van der Waals surface area contributed by atoms with Gasteiger partial charge >= 0.3 is 0 Å². The molecule has 1 aliphatic heterocycles. The molecule has 0 unspecified atom stereocenters. The fourth-order valence-electron chi connectivity index (χ4n) is 0.944. The molecule has 1 amide bonds. The fourth-order valence-corrected chi connectivity index (χ4v) is 0.944. The average molecular weight is 172 g/mol. The normalized spacial score (nSPS) is 21.1. The Labute approximate surface area is 71.0 Å². The van der Waals surface area contributed by atoms with Crippen molar-refractivity contribution in [1.29, 1.82) is 0 Å². The summed E-state index contributed by atoms with van der Waals surface area (Å²) in [5.41, 5.74) is 5.40. The summed E-state index contributed by atoms with van der Waals surface area (Å²) < 4.78 is 12.3. The van der Waals surface area contributed by atoms with Crippen LogP contribution in [0.2, 0.25) is 0 Å². The van der Waals surface area contributed by atoms with Crippen LogP contribution in [0.5, 0.6) is 0 Å². The van der Waals surface area contributed by atoms with Crippen LogP contribution in [0.3, 0.4) is 0 Å². The van der Waals surface area contributed by atoms with Crippen molar-refractivity contribution < 1.29 is 9.18 Å². The molecule has 68 valence electrons. The van der Waals surface area contributed by atoms with Gasteiger partial charge in [0.25, 0.3) is 0 Å². The molecule has 0 aromatic heterocycles. The lowest BCUT2D eigenvalue weighted by Crippen LogP contribution is -2.50. The first-order valence-electron chi connectivity index (χ1n) is 3.96. The van der Waals surface area contributed by atoms with Gasteiger partial charge in [0, 0.05) is 12.1 Å². The summed E-state index contributed by atoms with van der Waals surface area (Å²) in [6.45, 7) is 2.22. The van der Waals surface area contributed by atoms with Crippen molar-refractivity contribution in [1.82, 2.24) is 4.90 Å². The second-order valence-electron chi connectivity index (χ2n) is 3.06. The van der Waals surface area contributed by atoms with E-state index in [9.17, 15) is 9.18 Å². The Morgan fingerprint density at radius 3 is 2.75 bits per heavy atom. The van der Waals surface area contributed by atoms with Crippen molar-refractivity contribution in [2.75, 3.05) is 13.1 Å². The van der Waals surface area contributed by atoms with Crippen molar-refractivity contribution in [2.45, 2.75) is 19.1 Å². The summed E-state index contributed by atoms with van der Waals surface area (Å²) in [6.07, 6.45) is 2.17. The molecule has 4 heteroatoms. The molecule has 1 rings (SSSR count). The Morgan fingerprint density at radius 2 is 2.33 bits per heavy atom. The third-order valence-corrected chi connectivity index (χ3v) is 1.69. The monoisotopic (exact) mass is 172 g/mol. The van der Waals surface area contributed by atoms with E-state index in [1.165, 1.54) is 11.0 Å². The highest BCUT2D eigenvalue weighted by Crippen LogP contribution is 2.11. The van der Waals surface area contributed by atoms with Gasteiger partial charge in [-0.3, -0.25) is 4.79 Å². The SMILES string of the molecule is C[C@@H](N)/C=C/C(=O)N1CC(F)C1. The number of nitrogens with zero attached hydrogens (tertiary/aromatic N) is 1. The molecule has 1 saturated heterocycles. The number of amides is 1. The molecule has 1 atom stereocenters. The third-order valence-electron chi connectivity index (χ3n) is 1.69. The van der Waals surface area contributed by atoms with Gasteiger partial charge in [-0.15, -0.1) is 0 Å². The lowest BCUT2D eigenvalue weighted by atomic mass is 10.2. The first kappa shape index (κ1) is 9.19. The number of rotatable bonds is 2. The van der Waals surface area contributed by atoms with E-state index in [4.69, 9.17) is 5.73 Å². The number of carbonyl (C=O) groups excluding carboxylic acids is 1. The van der Waals surface area contributed by atoms with Crippen LogP contribution in [0.15, 0.2) is 12.2 Å². The maximum atomic E-state index is 12.3. The molecule has 0 aliphatic carbocycles. The molecule has 0 saturated carbocycles. The van der Waals surface area contributed by atoms with Gasteiger partial charge in [0.1, 0.15) is 6.17 Å². The number of alkyl halides is 1. The predicted molar refractivity (Wildman–Crippen MR) is 44.3 cm³/mol. The molecule has 0 aromatic carbocycles. The van der Waals surface area contributed by atoms with E-state index in [-0.39, 0.29) is 25.0 Å². The van der Waals surface area contributed by atoms with E-state index in [0.717, 1.165) is 0 Å². The highest BCUT2D eigenvalue weighted by atomic mass is 19.1. The summed E-state index contributed by atoms with van der Waals surface area (Å²) in [4.78, 5) is 12.5. The van der Waals surface area contributed by atoms with Crippen LogP contribution in [0.1, 0.15) is 6.92 Å². The molecule has 2 N–H and O–H groups in total. The minimum Gasteiger partial charge on any atom is -0.333 e. The van der Waals surface area contributed by atoms with Crippen molar-refractivity contribution in [3.05, 3.63) is 12.2 Å². The lowest BCUT2D eigenvalue weighted by Gasteiger charge is -2.33. The molecular formula is C8H13FN2O. The molecule has 0 aromatic rings. The molecule has 1 fully saturated rings. The zero-order valence-corrected chi connectivity index (χ0v) is 7.03. The second-order valence-corrected chi connectivity index (χ2v) is 3.06. The second kappa shape index (κ2) is 3.67. The van der Waals surface area contributed by atoms with Crippen LogP contribution in [0.4, 0.5) is 4.39 Å². The van der Waals surface area contributed by atoms with Crippen LogP contribution in [0.25, 0.3) is 0 Å². The fraction of sp³-hybridized carbons (Fsp3) is 0.625. The zero-order valence-electron chi connectivity index (χ0n) is 7.03. The van der Waals surface area contributed by atoms with Crippen molar-refractivity contribution in [2.24, 2.45) is 5.73 Å². The van der Waals surface area contributed by atoms with E-state index in [1.807, 2.05) is 0 Å². The van der Waals surface area contributed by atoms with E-state index < -0.39 is 6.17 Å². The number of halogens is 1. The first-order chi connectivity index (χ1) is 5.59. The molecular weight excluding hydrogens is 159 g/mol. The van der Waals surface area contributed by atoms with Crippen molar-refractivity contribution >= 4 is 5.91 Å². The van der Waals surface area contributed by atoms with Gasteiger partial charge in [-0.2, -0.15) is 0 Å². The van der Waals surface area contributed by atoms with Gasteiger partial charge in [-0.25, -0.2) is 4.39 Å². The van der Waals surface area contributed by atoms with E-state index in [2.05, 4.69) is 0 Å². The highest BCUT2D eigenvalue weighted by Gasteiger charge is 2.28. The summed E-state index contributed by atoms with van der Waals surface area (Å²) >= 11 is 0. The van der Waals surface area contributed by atoms with Gasteiger partial charge in [0.05, 0.1) is 13.1 Å². The maximum absolute atomic E-state index is 12.3. The first-order valence-corrected chi connectivity index (χ1v) is 3.96. The Hall–Kier alpha value is -0.900. The average Bonchev–Trinajstić information content (AvgIpc) is 1.94. The summed E-state index contributed by atoms with van der Waals surface area (Å²) in [5, 5.41) is 0. The van der Waals surface area contributed by atoms with Gasteiger partial charge < -0.3 is 10.6 Å². The lowest BCUT2D eigenvalue weighted by molar-refractivity contribution is -0.132. The topological polar surface area (TPSA) is 46.3 Å². The Balaban J connectivity index is 2.30. The summed E-state index contributed by atoms with van der Waals surface area (Å²) in [6, 6.07) is -0.128. The summed E-state index contributed by atoms with van der Waals surface area (Å²) in [7, 11) is 0. The highest BCUT2D eigenvalue weighted by molar-refractivity contribution is 5.88. The number of likely N-dealkylation sites (tertiary alicyclic amines) is 1. The van der Waals surface area contributed by atoms with E-state index in [1.54, 1.807) is 13.0 Å². The maximum Gasteiger partial charge on any atom is 0.246 e. The van der Waals surface area contributed by atoms with Crippen molar-refractivity contribution in [3.63, 3.8) is 0 Å². The Kier molecular flexibility index (Phi) is 2.81. The van der Waals surface area contributed by atoms with Gasteiger partial charge in [0.15, 0.2) is 0 Å². The smallest absolute Gasteiger partial charge is 0.246 e. The minimum absolute atomic E-state index is 0.128. The third kappa shape index (κ3) is 2.30. The van der Waals surface area contributed by atoms with Gasteiger partial charge in [0.2, 0.25) is 5.91 Å². The van der Waals surface area contributed by atoms with Gasteiger partial charge in [-0.05, 0) is 6.92 Å². The van der Waals surface area contributed by atoms with Gasteiger partial charge in [-0.1, -0.05) is 6.08 Å². The molecule has 0 spiro atoms. The standard InChI is InChI=1S/C8H13FN2O/c1-6(10)2-3-8(12)11-4-7(9)5-11/h2-3,6-7H,4-5,10H2,1H3/b3-2+/t6-/m1/s1. The van der Waals surface area contributed by atoms with Crippen molar-refractivity contribution in [3.8, 4) is 0 Å². The molecule has 12 heavy (non-hydrogen) atoms. The molecule has 0 bridgehead atoms.